The van der Waals surface area contributed by atoms with Crippen LogP contribution in [0.15, 0.2) is 16.9 Å². The Bertz CT molecular complexity index is 432. The van der Waals surface area contributed by atoms with E-state index in [9.17, 15) is 0 Å². The van der Waals surface area contributed by atoms with Crippen molar-refractivity contribution in [1.29, 1.82) is 0 Å². The Morgan fingerprint density at radius 2 is 2.13 bits per heavy atom. The first-order valence-electron chi connectivity index (χ1n) is 3.86. The predicted molar refractivity (Wildman–Crippen MR) is 65.7 cm³/mol. The van der Waals surface area contributed by atoms with E-state index in [-0.39, 0.29) is 24.8 Å². The van der Waals surface area contributed by atoms with E-state index in [1.165, 1.54) is 0 Å². The molecule has 0 bridgehead atoms. The van der Waals surface area contributed by atoms with Gasteiger partial charge >= 0.3 is 0 Å². The molecule has 2 aromatic rings. The van der Waals surface area contributed by atoms with Crippen molar-refractivity contribution in [2.45, 2.75) is 6.42 Å². The highest BCUT2D eigenvalue weighted by Gasteiger charge is 2.02. The zero-order chi connectivity index (χ0) is 9.26. The fraction of sp³-hybridized carbons (Fsp3) is 0.286. The first kappa shape index (κ1) is 14.6. The number of hydrogen-bond acceptors (Lipinski definition) is 4. The molecule has 15 heavy (non-hydrogen) atoms. The van der Waals surface area contributed by atoms with Crippen molar-refractivity contribution in [3.8, 4) is 0 Å². The van der Waals surface area contributed by atoms with E-state index in [0.717, 1.165) is 10.3 Å². The van der Waals surface area contributed by atoms with E-state index in [2.05, 4.69) is 31.0 Å². The summed E-state index contributed by atoms with van der Waals surface area (Å²) in [6.07, 6.45) is 4.19. The molecule has 84 valence electrons. The molecule has 0 unspecified atom stereocenters. The Labute approximate surface area is 107 Å². The van der Waals surface area contributed by atoms with Gasteiger partial charge in [-0.15, -0.1) is 29.9 Å². The van der Waals surface area contributed by atoms with Crippen molar-refractivity contribution in [1.82, 2.24) is 19.6 Å². The van der Waals surface area contributed by atoms with Crippen molar-refractivity contribution in [2.24, 2.45) is 5.73 Å². The van der Waals surface area contributed by atoms with E-state index in [4.69, 9.17) is 5.73 Å². The lowest BCUT2D eigenvalue weighted by Crippen LogP contribution is -2.04. The molecule has 0 aliphatic carbocycles. The average molecular weight is 315 g/mol. The van der Waals surface area contributed by atoms with E-state index >= 15 is 0 Å². The lowest BCUT2D eigenvalue weighted by Gasteiger charge is -1.89. The predicted octanol–water partition coefficient (Wildman–Crippen LogP) is 1.23. The number of hydrogen-bond donors (Lipinski definition) is 1. The van der Waals surface area contributed by atoms with E-state index in [1.807, 2.05) is 6.20 Å². The second-order valence-electron chi connectivity index (χ2n) is 2.58. The zero-order valence-electron chi connectivity index (χ0n) is 7.63. The minimum absolute atomic E-state index is 0. The summed E-state index contributed by atoms with van der Waals surface area (Å²) in [5.74, 6) is 1.33. The molecular formula is C7H10BrCl2N5. The number of fused-ring (bicyclic) bond motifs is 1. The van der Waals surface area contributed by atoms with Gasteiger partial charge in [0.1, 0.15) is 0 Å². The van der Waals surface area contributed by atoms with Gasteiger partial charge in [0, 0.05) is 18.8 Å². The topological polar surface area (TPSA) is 69.1 Å². The molecule has 5 nitrogen and oxygen atoms in total. The molecular weight excluding hydrogens is 305 g/mol. The zero-order valence-corrected chi connectivity index (χ0v) is 10.8. The van der Waals surface area contributed by atoms with Gasteiger partial charge in [0.05, 0.1) is 4.47 Å². The largest absolute Gasteiger partial charge is 0.330 e. The van der Waals surface area contributed by atoms with Crippen LogP contribution in [0.3, 0.4) is 0 Å². The molecule has 0 fully saturated rings. The molecule has 0 aromatic carbocycles. The molecule has 0 saturated heterocycles. The molecule has 0 aliphatic heterocycles. The first-order chi connectivity index (χ1) is 6.29. The Morgan fingerprint density at radius 1 is 1.40 bits per heavy atom. The van der Waals surface area contributed by atoms with Crippen LogP contribution in [0.1, 0.15) is 5.82 Å². The SMILES string of the molecule is Cl.Cl.NCCc1nc2ncc(Br)cn2n1. The van der Waals surface area contributed by atoms with Gasteiger partial charge < -0.3 is 5.73 Å². The summed E-state index contributed by atoms with van der Waals surface area (Å²) in [5.41, 5.74) is 5.39. The van der Waals surface area contributed by atoms with Crippen molar-refractivity contribution in [2.75, 3.05) is 6.54 Å². The minimum Gasteiger partial charge on any atom is -0.330 e. The summed E-state index contributed by atoms with van der Waals surface area (Å²) in [7, 11) is 0. The fourth-order valence-electron chi connectivity index (χ4n) is 1.04. The summed E-state index contributed by atoms with van der Waals surface area (Å²) < 4.78 is 2.51. The monoisotopic (exact) mass is 313 g/mol. The molecule has 0 spiro atoms. The van der Waals surface area contributed by atoms with Gasteiger partial charge in [-0.1, -0.05) is 0 Å². The maximum Gasteiger partial charge on any atom is 0.252 e. The summed E-state index contributed by atoms with van der Waals surface area (Å²) >= 11 is 3.30. The third-order valence-electron chi connectivity index (χ3n) is 1.57. The number of nitrogens with zero attached hydrogens (tertiary/aromatic N) is 4. The molecule has 0 saturated carbocycles. The number of aromatic nitrogens is 4. The lowest BCUT2D eigenvalue weighted by molar-refractivity contribution is 0.840. The number of rotatable bonds is 2. The molecule has 0 aliphatic rings. The van der Waals surface area contributed by atoms with Gasteiger partial charge in [-0.2, -0.15) is 4.98 Å². The van der Waals surface area contributed by atoms with Crippen molar-refractivity contribution >= 4 is 46.5 Å². The summed E-state index contributed by atoms with van der Waals surface area (Å²) in [6, 6.07) is 0. The Hall–Kier alpha value is -0.430. The average Bonchev–Trinajstić information content (AvgIpc) is 2.46. The smallest absolute Gasteiger partial charge is 0.252 e. The Balaban J connectivity index is 0.000000980. The molecule has 2 heterocycles. The highest BCUT2D eigenvalue weighted by Crippen LogP contribution is 2.07. The fourth-order valence-corrected chi connectivity index (χ4v) is 1.33. The second kappa shape index (κ2) is 6.22. The number of nitrogens with two attached hydrogens (primary N) is 1. The third-order valence-corrected chi connectivity index (χ3v) is 1.98. The highest BCUT2D eigenvalue weighted by atomic mass is 79.9. The summed E-state index contributed by atoms with van der Waals surface area (Å²) in [4.78, 5) is 8.27. The van der Waals surface area contributed by atoms with E-state index in [1.54, 1.807) is 10.7 Å². The highest BCUT2D eigenvalue weighted by molar-refractivity contribution is 9.10. The third kappa shape index (κ3) is 3.27. The normalized spacial score (nSPS) is 9.47. The van der Waals surface area contributed by atoms with Gasteiger partial charge in [0.25, 0.3) is 5.78 Å². The molecule has 2 aromatic heterocycles. The summed E-state index contributed by atoms with van der Waals surface area (Å²) in [5, 5.41) is 4.20. The van der Waals surface area contributed by atoms with Gasteiger partial charge in [0.2, 0.25) is 0 Å². The number of halogens is 3. The first-order valence-corrected chi connectivity index (χ1v) is 4.66. The molecule has 0 amide bonds. The molecule has 2 N–H and O–H groups in total. The van der Waals surface area contributed by atoms with Crippen molar-refractivity contribution in [3.63, 3.8) is 0 Å². The van der Waals surface area contributed by atoms with Gasteiger partial charge in [-0.05, 0) is 22.5 Å². The van der Waals surface area contributed by atoms with Crippen LogP contribution < -0.4 is 5.73 Å². The van der Waals surface area contributed by atoms with Crippen LogP contribution in [-0.4, -0.2) is 26.1 Å². The second-order valence-corrected chi connectivity index (χ2v) is 3.50. The van der Waals surface area contributed by atoms with Gasteiger partial charge in [-0.25, -0.2) is 9.50 Å². The van der Waals surface area contributed by atoms with Crippen LogP contribution in [0.2, 0.25) is 0 Å². The Morgan fingerprint density at radius 3 is 2.80 bits per heavy atom. The molecule has 8 heteroatoms. The van der Waals surface area contributed by atoms with Crippen molar-refractivity contribution < 1.29 is 0 Å². The van der Waals surface area contributed by atoms with Gasteiger partial charge in [-0.3, -0.25) is 0 Å². The van der Waals surface area contributed by atoms with Crippen LogP contribution in [0, 0.1) is 0 Å². The van der Waals surface area contributed by atoms with Crippen LogP contribution in [0.4, 0.5) is 0 Å². The maximum absolute atomic E-state index is 5.39. The molecule has 2 rings (SSSR count). The minimum atomic E-state index is 0. The van der Waals surface area contributed by atoms with Gasteiger partial charge in [0.15, 0.2) is 5.82 Å². The van der Waals surface area contributed by atoms with E-state index in [0.29, 0.717) is 18.7 Å². The van der Waals surface area contributed by atoms with Crippen LogP contribution >= 0.6 is 40.7 Å². The Kier molecular flexibility index (Phi) is 6.04. The standard InChI is InChI=1S/C7H8BrN5.2ClH/c8-5-3-10-7-11-6(1-2-9)12-13(7)4-5;;/h3-4H,1-2,9H2;2*1H. The molecule has 0 radical (unpaired) electrons. The summed E-state index contributed by atoms with van der Waals surface area (Å²) in [6.45, 7) is 0.554. The molecule has 0 atom stereocenters. The van der Waals surface area contributed by atoms with Crippen LogP contribution in [0.5, 0.6) is 0 Å². The van der Waals surface area contributed by atoms with Crippen LogP contribution in [0.25, 0.3) is 5.78 Å². The lowest BCUT2D eigenvalue weighted by atomic mass is 10.4. The quantitative estimate of drug-likeness (QED) is 0.905. The van der Waals surface area contributed by atoms with E-state index < -0.39 is 0 Å². The maximum atomic E-state index is 5.39. The van der Waals surface area contributed by atoms with Crippen molar-refractivity contribution in [3.05, 3.63) is 22.7 Å². The van der Waals surface area contributed by atoms with Crippen LogP contribution in [-0.2, 0) is 6.42 Å².